The number of carbonyl (C=O) groups is 2. The van der Waals surface area contributed by atoms with Crippen molar-refractivity contribution in [3.05, 3.63) is 108 Å². The number of hydrogen-bond acceptors (Lipinski definition) is 3. The molecule has 1 aliphatic rings. The quantitative estimate of drug-likeness (QED) is 0.607. The van der Waals surface area contributed by atoms with Gasteiger partial charge in [0.1, 0.15) is 0 Å². The van der Waals surface area contributed by atoms with E-state index in [0.717, 1.165) is 28.8 Å². The molecule has 162 valence electrons. The Bertz CT molecular complexity index is 1060. The van der Waals surface area contributed by atoms with Crippen molar-refractivity contribution in [2.75, 3.05) is 6.54 Å². The molecule has 0 aromatic heterocycles. The molecule has 0 atom stereocenters. The molecular weight excluding hydrogens is 398 g/mol. The lowest BCUT2D eigenvalue weighted by Crippen LogP contribution is -2.44. The summed E-state index contributed by atoms with van der Waals surface area (Å²) in [6, 6.07) is 29.6. The molecule has 3 aromatic carbocycles. The van der Waals surface area contributed by atoms with Crippen LogP contribution in [0.25, 0.3) is 0 Å². The van der Waals surface area contributed by atoms with Crippen LogP contribution in [0.1, 0.15) is 42.9 Å². The van der Waals surface area contributed by atoms with Gasteiger partial charge in [-0.2, -0.15) is 5.10 Å². The number of nitrogens with zero attached hydrogens (tertiary/aromatic N) is 2. The molecule has 1 heterocycles. The van der Waals surface area contributed by atoms with E-state index in [1.54, 1.807) is 0 Å². The highest BCUT2D eigenvalue weighted by atomic mass is 16.2. The van der Waals surface area contributed by atoms with E-state index in [2.05, 4.69) is 10.4 Å². The van der Waals surface area contributed by atoms with Crippen molar-refractivity contribution in [2.24, 2.45) is 5.10 Å². The Morgan fingerprint density at radius 1 is 0.844 bits per heavy atom. The zero-order chi connectivity index (χ0) is 22.4. The van der Waals surface area contributed by atoms with Gasteiger partial charge in [0.25, 0.3) is 0 Å². The topological polar surface area (TPSA) is 61.8 Å². The molecule has 1 aliphatic heterocycles. The van der Waals surface area contributed by atoms with Gasteiger partial charge in [-0.1, -0.05) is 91.0 Å². The van der Waals surface area contributed by atoms with Crippen LogP contribution in [0.2, 0.25) is 0 Å². The molecule has 0 radical (unpaired) electrons. The fraction of sp³-hybridized carbons (Fsp3) is 0.222. The summed E-state index contributed by atoms with van der Waals surface area (Å²) in [5, 5.41) is 9.13. The van der Waals surface area contributed by atoms with Gasteiger partial charge in [0.05, 0.1) is 17.8 Å². The molecule has 2 amide bonds. The largest absolute Gasteiger partial charge is 0.343 e. The standard InChI is InChI=1S/C27H27N3O2/c1-27(22-13-7-3-8-14-22,23-15-9-4-10-16-23)28-25(31)17-18-26(32)30-20-19-24(29-30)21-11-5-2-6-12-21/h2-16H,17-20H2,1H3,(H,28,31). The van der Waals surface area contributed by atoms with Crippen LogP contribution in [0.5, 0.6) is 0 Å². The summed E-state index contributed by atoms with van der Waals surface area (Å²) >= 11 is 0. The van der Waals surface area contributed by atoms with E-state index in [-0.39, 0.29) is 24.7 Å². The molecule has 4 rings (SSSR count). The van der Waals surface area contributed by atoms with Crippen LogP contribution in [-0.2, 0) is 15.1 Å². The molecule has 5 nitrogen and oxygen atoms in total. The molecule has 0 saturated carbocycles. The normalized spacial score (nSPS) is 13.5. The van der Waals surface area contributed by atoms with Crippen molar-refractivity contribution in [1.82, 2.24) is 10.3 Å². The Hall–Kier alpha value is -3.73. The first-order chi connectivity index (χ1) is 15.6. The second kappa shape index (κ2) is 9.60. The smallest absolute Gasteiger partial charge is 0.243 e. The lowest BCUT2D eigenvalue weighted by Gasteiger charge is -2.32. The molecule has 0 unspecified atom stereocenters. The van der Waals surface area contributed by atoms with E-state index in [9.17, 15) is 9.59 Å². The predicted molar refractivity (Wildman–Crippen MR) is 126 cm³/mol. The van der Waals surface area contributed by atoms with Crippen LogP contribution in [0.15, 0.2) is 96.1 Å². The number of rotatable bonds is 7. The lowest BCUT2D eigenvalue weighted by molar-refractivity contribution is -0.133. The van der Waals surface area contributed by atoms with E-state index >= 15 is 0 Å². The van der Waals surface area contributed by atoms with Crippen molar-refractivity contribution in [3.63, 3.8) is 0 Å². The number of nitrogens with one attached hydrogen (secondary N) is 1. The van der Waals surface area contributed by atoms with Crippen molar-refractivity contribution in [1.29, 1.82) is 0 Å². The van der Waals surface area contributed by atoms with Crippen LogP contribution >= 0.6 is 0 Å². The van der Waals surface area contributed by atoms with Gasteiger partial charge in [0.15, 0.2) is 0 Å². The van der Waals surface area contributed by atoms with Gasteiger partial charge in [0, 0.05) is 19.3 Å². The van der Waals surface area contributed by atoms with Gasteiger partial charge in [-0.05, 0) is 23.6 Å². The average Bonchev–Trinajstić information content (AvgIpc) is 3.35. The number of hydrazone groups is 1. The Labute approximate surface area is 188 Å². The molecule has 0 bridgehead atoms. The number of amides is 2. The maximum Gasteiger partial charge on any atom is 0.243 e. The summed E-state index contributed by atoms with van der Waals surface area (Å²) in [7, 11) is 0. The first kappa shape index (κ1) is 21.5. The van der Waals surface area contributed by atoms with E-state index in [1.807, 2.05) is 97.9 Å². The second-order valence-electron chi connectivity index (χ2n) is 8.08. The zero-order valence-corrected chi connectivity index (χ0v) is 18.2. The Balaban J connectivity index is 1.41. The summed E-state index contributed by atoms with van der Waals surface area (Å²) < 4.78 is 0. The van der Waals surface area contributed by atoms with Crippen molar-refractivity contribution in [2.45, 2.75) is 31.7 Å². The third kappa shape index (κ3) is 4.78. The predicted octanol–water partition coefficient (Wildman–Crippen LogP) is 4.48. The highest BCUT2D eigenvalue weighted by Gasteiger charge is 2.31. The molecule has 32 heavy (non-hydrogen) atoms. The second-order valence-corrected chi connectivity index (χ2v) is 8.08. The van der Waals surface area contributed by atoms with E-state index < -0.39 is 5.54 Å². The fourth-order valence-electron chi connectivity index (χ4n) is 4.02. The molecule has 3 aromatic rings. The summed E-state index contributed by atoms with van der Waals surface area (Å²) in [6.07, 6.45) is 0.958. The molecule has 1 N–H and O–H groups in total. The number of carbonyl (C=O) groups excluding carboxylic acids is 2. The monoisotopic (exact) mass is 425 g/mol. The number of hydrogen-bond donors (Lipinski definition) is 1. The molecular formula is C27H27N3O2. The minimum absolute atomic E-state index is 0.112. The van der Waals surface area contributed by atoms with Gasteiger partial charge in [-0.3, -0.25) is 9.59 Å². The van der Waals surface area contributed by atoms with Gasteiger partial charge in [-0.25, -0.2) is 5.01 Å². The molecule has 0 fully saturated rings. The summed E-state index contributed by atoms with van der Waals surface area (Å²) in [5.41, 5.74) is 3.23. The first-order valence-electron chi connectivity index (χ1n) is 10.9. The third-order valence-corrected chi connectivity index (χ3v) is 5.85. The highest BCUT2D eigenvalue weighted by Crippen LogP contribution is 2.29. The fourth-order valence-corrected chi connectivity index (χ4v) is 4.02. The van der Waals surface area contributed by atoms with Crippen molar-refractivity contribution < 1.29 is 9.59 Å². The van der Waals surface area contributed by atoms with Crippen LogP contribution in [-0.4, -0.2) is 29.1 Å². The van der Waals surface area contributed by atoms with Crippen LogP contribution in [0, 0.1) is 0 Å². The number of benzene rings is 3. The van der Waals surface area contributed by atoms with Gasteiger partial charge >= 0.3 is 0 Å². The maximum atomic E-state index is 12.9. The van der Waals surface area contributed by atoms with E-state index in [0.29, 0.717) is 6.54 Å². The molecule has 0 saturated heterocycles. The molecule has 5 heteroatoms. The molecule has 0 aliphatic carbocycles. The lowest BCUT2D eigenvalue weighted by atomic mass is 9.84. The minimum atomic E-state index is -0.686. The Morgan fingerprint density at radius 3 is 1.94 bits per heavy atom. The van der Waals surface area contributed by atoms with Gasteiger partial charge < -0.3 is 5.32 Å². The van der Waals surface area contributed by atoms with Crippen LogP contribution < -0.4 is 5.32 Å². The minimum Gasteiger partial charge on any atom is -0.343 e. The Morgan fingerprint density at radius 2 is 1.38 bits per heavy atom. The van der Waals surface area contributed by atoms with Crippen LogP contribution in [0.4, 0.5) is 0 Å². The summed E-state index contributed by atoms with van der Waals surface area (Å²) in [6.45, 7) is 2.55. The summed E-state index contributed by atoms with van der Waals surface area (Å²) in [4.78, 5) is 25.6. The average molecular weight is 426 g/mol. The first-order valence-corrected chi connectivity index (χ1v) is 10.9. The van der Waals surface area contributed by atoms with Crippen molar-refractivity contribution in [3.8, 4) is 0 Å². The van der Waals surface area contributed by atoms with E-state index in [1.165, 1.54) is 5.01 Å². The van der Waals surface area contributed by atoms with Gasteiger partial charge in [-0.15, -0.1) is 0 Å². The Kier molecular flexibility index (Phi) is 6.45. The van der Waals surface area contributed by atoms with Crippen LogP contribution in [0.3, 0.4) is 0 Å². The SMILES string of the molecule is CC(NC(=O)CCC(=O)N1CCC(c2ccccc2)=N1)(c1ccccc1)c1ccccc1. The van der Waals surface area contributed by atoms with Gasteiger partial charge in [0.2, 0.25) is 11.8 Å². The molecule has 0 spiro atoms. The highest BCUT2D eigenvalue weighted by molar-refractivity contribution is 6.02. The summed E-state index contributed by atoms with van der Waals surface area (Å²) in [5.74, 6) is -0.299. The van der Waals surface area contributed by atoms with E-state index in [4.69, 9.17) is 0 Å². The zero-order valence-electron chi connectivity index (χ0n) is 18.2. The third-order valence-electron chi connectivity index (χ3n) is 5.85. The van der Waals surface area contributed by atoms with Crippen molar-refractivity contribution >= 4 is 17.5 Å². The maximum absolute atomic E-state index is 12.9.